The summed E-state index contributed by atoms with van der Waals surface area (Å²) in [5.41, 5.74) is 0.714. The van der Waals surface area contributed by atoms with Gasteiger partial charge in [-0.15, -0.1) is 0 Å². The summed E-state index contributed by atoms with van der Waals surface area (Å²) in [6, 6.07) is 15.2. The van der Waals surface area contributed by atoms with E-state index in [0.717, 1.165) is 19.5 Å². The smallest absolute Gasteiger partial charge is 0.264 e. The Kier molecular flexibility index (Phi) is 5.82. The minimum absolute atomic E-state index is 0.00967. The summed E-state index contributed by atoms with van der Waals surface area (Å²) < 4.78 is 27.5. The molecule has 2 N–H and O–H groups in total. The van der Waals surface area contributed by atoms with Crippen LogP contribution < -0.4 is 14.9 Å². The number of carbonyl (C=O) groups is 1. The standard InChI is InChI=1S/C20H25N3O3S/c1-15-14-21-13-12-18(15)22-20(24)17-10-6-7-11-19(17)27(25,26)23(2)16-8-4-3-5-9-16/h3-11,15,18,21H,12-14H2,1-2H3,(H,22,24). The average molecular weight is 388 g/mol. The van der Waals surface area contributed by atoms with Gasteiger partial charge < -0.3 is 10.6 Å². The van der Waals surface area contributed by atoms with Crippen LogP contribution in [0, 0.1) is 5.92 Å². The number of benzene rings is 2. The topological polar surface area (TPSA) is 78.5 Å². The van der Waals surface area contributed by atoms with Crippen molar-refractivity contribution in [2.45, 2.75) is 24.3 Å². The maximum absolute atomic E-state index is 13.2. The van der Waals surface area contributed by atoms with Crippen molar-refractivity contribution in [1.82, 2.24) is 10.6 Å². The van der Waals surface area contributed by atoms with Crippen molar-refractivity contribution in [3.8, 4) is 0 Å². The second-order valence-electron chi connectivity index (χ2n) is 6.85. The first-order chi connectivity index (χ1) is 12.9. The van der Waals surface area contributed by atoms with Gasteiger partial charge in [-0.2, -0.15) is 0 Å². The molecule has 2 unspecified atom stereocenters. The summed E-state index contributed by atoms with van der Waals surface area (Å²) in [6.45, 7) is 3.75. The summed E-state index contributed by atoms with van der Waals surface area (Å²) >= 11 is 0. The van der Waals surface area contributed by atoms with Gasteiger partial charge in [0.15, 0.2) is 0 Å². The van der Waals surface area contributed by atoms with Gasteiger partial charge in [0.25, 0.3) is 15.9 Å². The quantitative estimate of drug-likeness (QED) is 0.825. The number of hydrogen-bond donors (Lipinski definition) is 2. The van der Waals surface area contributed by atoms with Gasteiger partial charge in [-0.05, 0) is 49.7 Å². The zero-order valence-electron chi connectivity index (χ0n) is 15.6. The number of sulfonamides is 1. The lowest BCUT2D eigenvalue weighted by Crippen LogP contribution is -2.48. The molecule has 1 saturated heterocycles. The Hall–Kier alpha value is -2.38. The Balaban J connectivity index is 1.90. The van der Waals surface area contributed by atoms with Crippen LogP contribution in [-0.2, 0) is 10.0 Å². The van der Waals surface area contributed by atoms with Gasteiger partial charge in [0.2, 0.25) is 0 Å². The Morgan fingerprint density at radius 3 is 2.48 bits per heavy atom. The lowest BCUT2D eigenvalue weighted by molar-refractivity contribution is 0.0911. The fourth-order valence-corrected chi connectivity index (χ4v) is 4.66. The van der Waals surface area contributed by atoms with Crippen molar-refractivity contribution in [2.24, 2.45) is 5.92 Å². The minimum atomic E-state index is -3.86. The third-order valence-electron chi connectivity index (χ3n) is 4.99. The molecule has 2 aromatic rings. The molecular weight excluding hydrogens is 362 g/mol. The number of hydrogen-bond acceptors (Lipinski definition) is 4. The number of piperidine rings is 1. The molecule has 27 heavy (non-hydrogen) atoms. The molecule has 0 saturated carbocycles. The maximum atomic E-state index is 13.2. The first-order valence-corrected chi connectivity index (χ1v) is 10.5. The average Bonchev–Trinajstić information content (AvgIpc) is 2.69. The summed E-state index contributed by atoms with van der Waals surface area (Å²) in [6.07, 6.45) is 0.825. The molecular formula is C20H25N3O3S. The van der Waals surface area contributed by atoms with Crippen molar-refractivity contribution >= 4 is 21.6 Å². The summed E-state index contributed by atoms with van der Waals surface area (Å²) in [5.74, 6) is -0.0622. The normalized spacial score (nSPS) is 20.1. The molecule has 1 amide bonds. The van der Waals surface area contributed by atoms with Crippen molar-refractivity contribution in [2.75, 3.05) is 24.4 Å². The van der Waals surface area contributed by atoms with Crippen LogP contribution in [0.1, 0.15) is 23.7 Å². The van der Waals surface area contributed by atoms with Crippen molar-refractivity contribution in [3.63, 3.8) is 0 Å². The third kappa shape index (κ3) is 4.14. The summed E-state index contributed by atoms with van der Waals surface area (Å²) in [4.78, 5) is 12.9. The van der Waals surface area contributed by atoms with E-state index in [1.807, 2.05) is 6.07 Å². The minimum Gasteiger partial charge on any atom is -0.349 e. The second-order valence-corrected chi connectivity index (χ2v) is 8.79. The summed E-state index contributed by atoms with van der Waals surface area (Å²) in [5, 5.41) is 6.31. The van der Waals surface area contributed by atoms with Crippen LogP contribution >= 0.6 is 0 Å². The molecule has 2 atom stereocenters. The molecule has 1 heterocycles. The van der Waals surface area contributed by atoms with Crippen molar-refractivity contribution < 1.29 is 13.2 Å². The van der Waals surface area contributed by atoms with Crippen LogP contribution in [0.15, 0.2) is 59.5 Å². The van der Waals surface area contributed by atoms with Crippen LogP contribution in [0.25, 0.3) is 0 Å². The fraction of sp³-hybridized carbons (Fsp3) is 0.350. The van der Waals surface area contributed by atoms with Crippen LogP contribution in [-0.4, -0.2) is 40.5 Å². The number of carbonyl (C=O) groups excluding carboxylic acids is 1. The van der Waals surface area contributed by atoms with Gasteiger partial charge in [0, 0.05) is 13.1 Å². The van der Waals surface area contributed by atoms with Crippen molar-refractivity contribution in [1.29, 1.82) is 0 Å². The van der Waals surface area contributed by atoms with E-state index >= 15 is 0 Å². The zero-order chi connectivity index (χ0) is 19.4. The lowest BCUT2D eigenvalue weighted by atomic mass is 9.95. The first-order valence-electron chi connectivity index (χ1n) is 9.06. The Morgan fingerprint density at radius 2 is 1.78 bits per heavy atom. The second kappa shape index (κ2) is 8.10. The van der Waals surface area contributed by atoms with E-state index in [0.29, 0.717) is 11.6 Å². The number of nitrogens with zero attached hydrogens (tertiary/aromatic N) is 1. The fourth-order valence-electron chi connectivity index (χ4n) is 3.28. The molecule has 1 fully saturated rings. The third-order valence-corrected chi connectivity index (χ3v) is 6.84. The predicted octanol–water partition coefficient (Wildman–Crippen LogP) is 2.24. The molecule has 0 bridgehead atoms. The number of nitrogens with one attached hydrogen (secondary N) is 2. The van der Waals surface area contributed by atoms with Crippen LogP contribution in [0.2, 0.25) is 0 Å². The van der Waals surface area contributed by atoms with Gasteiger partial charge in [-0.1, -0.05) is 37.3 Å². The first kappa shape index (κ1) is 19.4. The summed E-state index contributed by atoms with van der Waals surface area (Å²) in [7, 11) is -2.37. The van der Waals surface area contributed by atoms with Gasteiger partial charge in [-0.25, -0.2) is 8.42 Å². The van der Waals surface area contributed by atoms with Crippen LogP contribution in [0.4, 0.5) is 5.69 Å². The molecule has 0 aromatic heterocycles. The van der Waals surface area contributed by atoms with Gasteiger partial charge in [0.1, 0.15) is 4.90 Å². The number of amides is 1. The molecule has 2 aromatic carbocycles. The van der Waals surface area contributed by atoms with E-state index in [9.17, 15) is 13.2 Å². The van der Waals surface area contributed by atoms with Gasteiger partial charge >= 0.3 is 0 Å². The number of anilines is 1. The largest absolute Gasteiger partial charge is 0.349 e. The molecule has 0 radical (unpaired) electrons. The Morgan fingerprint density at radius 1 is 1.11 bits per heavy atom. The van der Waals surface area contributed by atoms with E-state index in [4.69, 9.17) is 0 Å². The van der Waals surface area contributed by atoms with Gasteiger partial charge in [-0.3, -0.25) is 9.10 Å². The zero-order valence-corrected chi connectivity index (χ0v) is 16.4. The van der Waals surface area contributed by atoms with E-state index in [-0.39, 0.29) is 22.4 Å². The molecule has 6 nitrogen and oxygen atoms in total. The van der Waals surface area contributed by atoms with Crippen molar-refractivity contribution in [3.05, 3.63) is 60.2 Å². The lowest BCUT2D eigenvalue weighted by Gasteiger charge is -2.30. The van der Waals surface area contributed by atoms with E-state index in [1.165, 1.54) is 17.4 Å². The maximum Gasteiger partial charge on any atom is 0.264 e. The SMILES string of the molecule is CC1CNCCC1NC(=O)c1ccccc1S(=O)(=O)N(C)c1ccccc1. The highest BCUT2D eigenvalue weighted by Gasteiger charge is 2.29. The highest BCUT2D eigenvalue weighted by atomic mass is 32.2. The molecule has 1 aliphatic heterocycles. The highest BCUT2D eigenvalue weighted by molar-refractivity contribution is 7.92. The van der Waals surface area contributed by atoms with Gasteiger partial charge in [0.05, 0.1) is 11.3 Å². The van der Waals surface area contributed by atoms with Crippen LogP contribution in [0.3, 0.4) is 0 Å². The van der Waals surface area contributed by atoms with Crippen LogP contribution in [0.5, 0.6) is 0 Å². The van der Waals surface area contributed by atoms with E-state index < -0.39 is 10.0 Å². The molecule has 144 valence electrons. The molecule has 1 aliphatic rings. The van der Waals surface area contributed by atoms with E-state index in [1.54, 1.807) is 42.5 Å². The Bertz CT molecular complexity index is 900. The molecule has 3 rings (SSSR count). The number of rotatable bonds is 5. The monoisotopic (exact) mass is 387 g/mol. The molecule has 0 aliphatic carbocycles. The Labute approximate surface area is 160 Å². The van der Waals surface area contributed by atoms with E-state index in [2.05, 4.69) is 17.6 Å². The highest BCUT2D eigenvalue weighted by Crippen LogP contribution is 2.24. The predicted molar refractivity (Wildman–Crippen MR) is 106 cm³/mol. The molecule has 7 heteroatoms. The number of para-hydroxylation sites is 1. The molecule has 0 spiro atoms.